The topological polar surface area (TPSA) is 0 Å². The minimum absolute atomic E-state index is 1.33. The number of rotatable bonds is 0. The summed E-state index contributed by atoms with van der Waals surface area (Å²) >= 11 is 0. The van der Waals surface area contributed by atoms with E-state index in [0.29, 0.717) is 0 Å². The Labute approximate surface area is 62.3 Å². The summed E-state index contributed by atoms with van der Waals surface area (Å²) < 4.78 is 0. The van der Waals surface area contributed by atoms with Crippen molar-refractivity contribution >= 4 is 0 Å². The second-order valence-electron chi connectivity index (χ2n) is 2.47. The van der Waals surface area contributed by atoms with Gasteiger partial charge in [-0.1, -0.05) is 36.5 Å². The Morgan fingerprint density at radius 1 is 0.700 bits per heavy atom. The third kappa shape index (κ3) is 1.73. The van der Waals surface area contributed by atoms with Gasteiger partial charge in [0.1, 0.15) is 0 Å². The maximum Gasteiger partial charge on any atom is -0.0395 e. The van der Waals surface area contributed by atoms with Gasteiger partial charge >= 0.3 is 0 Å². The Bertz CT molecular complexity index is 200. The van der Waals surface area contributed by atoms with Gasteiger partial charge in [-0.2, -0.15) is 0 Å². The molecule has 0 saturated heterocycles. The molecule has 0 saturated carbocycles. The van der Waals surface area contributed by atoms with Crippen molar-refractivity contribution in [1.82, 2.24) is 0 Å². The molecule has 1 aliphatic carbocycles. The smallest absolute Gasteiger partial charge is 0.0395 e. The summed E-state index contributed by atoms with van der Waals surface area (Å²) in [5.74, 6) is 0. The van der Waals surface area contributed by atoms with Crippen LogP contribution in [0.1, 0.15) is 13.8 Å². The van der Waals surface area contributed by atoms with E-state index in [4.69, 9.17) is 0 Å². The predicted octanol–water partition coefficient (Wildman–Crippen LogP) is 3.01. The zero-order valence-electron chi connectivity index (χ0n) is 6.46. The Balaban J connectivity index is 2.93. The number of hydrogen-bond acceptors (Lipinski definition) is 0. The molecule has 0 atom stereocenters. The predicted molar refractivity (Wildman–Crippen MR) is 45.8 cm³/mol. The Kier molecular flexibility index (Phi) is 2.27. The van der Waals surface area contributed by atoms with Crippen molar-refractivity contribution in [3.8, 4) is 0 Å². The van der Waals surface area contributed by atoms with Crippen LogP contribution < -0.4 is 0 Å². The first-order valence-electron chi connectivity index (χ1n) is 3.49. The number of allylic oxidation sites excluding steroid dienone is 8. The molecule has 0 spiro atoms. The maximum atomic E-state index is 2.12. The second kappa shape index (κ2) is 3.21. The average molecular weight is 132 g/mol. The minimum atomic E-state index is 1.33. The molecular formula is C10H12. The van der Waals surface area contributed by atoms with Crippen LogP contribution in [0.3, 0.4) is 0 Å². The molecule has 0 aromatic carbocycles. The molecule has 0 N–H and O–H groups in total. The largest absolute Gasteiger partial charge is 0.0623 e. The van der Waals surface area contributed by atoms with Crippen molar-refractivity contribution in [3.63, 3.8) is 0 Å². The van der Waals surface area contributed by atoms with Gasteiger partial charge in [0.05, 0.1) is 0 Å². The maximum absolute atomic E-state index is 2.12. The average Bonchev–Trinajstić information content (AvgIpc) is 1.92. The van der Waals surface area contributed by atoms with Crippen molar-refractivity contribution in [3.05, 3.63) is 47.6 Å². The number of hydrogen-bond donors (Lipinski definition) is 0. The van der Waals surface area contributed by atoms with Gasteiger partial charge in [-0.05, 0) is 25.0 Å². The molecule has 10 heavy (non-hydrogen) atoms. The van der Waals surface area contributed by atoms with Crippen molar-refractivity contribution in [1.29, 1.82) is 0 Å². The summed E-state index contributed by atoms with van der Waals surface area (Å²) in [6, 6.07) is 0. The van der Waals surface area contributed by atoms with Crippen molar-refractivity contribution < 1.29 is 0 Å². The molecule has 0 nitrogen and oxygen atoms in total. The van der Waals surface area contributed by atoms with E-state index in [1.165, 1.54) is 11.1 Å². The zero-order chi connectivity index (χ0) is 7.40. The molecule has 0 fully saturated rings. The fourth-order valence-corrected chi connectivity index (χ4v) is 0.791. The van der Waals surface area contributed by atoms with E-state index >= 15 is 0 Å². The van der Waals surface area contributed by atoms with Crippen LogP contribution in [0.5, 0.6) is 0 Å². The first kappa shape index (κ1) is 7.07. The molecular weight excluding hydrogens is 120 g/mol. The quantitative estimate of drug-likeness (QED) is 0.475. The van der Waals surface area contributed by atoms with Crippen LogP contribution >= 0.6 is 0 Å². The SMILES string of the molecule is CC1=C(C)/C=C\C=C/C=C\1. The van der Waals surface area contributed by atoms with Crippen molar-refractivity contribution in [2.45, 2.75) is 13.8 Å². The lowest BCUT2D eigenvalue weighted by molar-refractivity contribution is 1.37. The van der Waals surface area contributed by atoms with Gasteiger partial charge in [0.15, 0.2) is 0 Å². The molecule has 0 bridgehead atoms. The molecule has 0 heteroatoms. The molecule has 0 radical (unpaired) electrons. The summed E-state index contributed by atoms with van der Waals surface area (Å²) in [6.07, 6.45) is 12.4. The van der Waals surface area contributed by atoms with Gasteiger partial charge in [0, 0.05) is 0 Å². The van der Waals surface area contributed by atoms with Gasteiger partial charge in [-0.25, -0.2) is 0 Å². The van der Waals surface area contributed by atoms with E-state index < -0.39 is 0 Å². The lowest BCUT2D eigenvalue weighted by Crippen LogP contribution is -1.76. The van der Waals surface area contributed by atoms with Gasteiger partial charge in [-0.3, -0.25) is 0 Å². The Hall–Kier alpha value is -1.04. The van der Waals surface area contributed by atoms with Crippen LogP contribution in [0.15, 0.2) is 47.6 Å². The summed E-state index contributed by atoms with van der Waals surface area (Å²) in [4.78, 5) is 0. The third-order valence-electron chi connectivity index (χ3n) is 1.65. The summed E-state index contributed by atoms with van der Waals surface area (Å²) in [7, 11) is 0. The highest BCUT2D eigenvalue weighted by Crippen LogP contribution is 2.08. The van der Waals surface area contributed by atoms with Gasteiger partial charge in [-0.15, -0.1) is 0 Å². The van der Waals surface area contributed by atoms with Gasteiger partial charge in [0.25, 0.3) is 0 Å². The Morgan fingerprint density at radius 3 is 1.50 bits per heavy atom. The van der Waals surface area contributed by atoms with Crippen molar-refractivity contribution in [2.24, 2.45) is 0 Å². The van der Waals surface area contributed by atoms with E-state index in [9.17, 15) is 0 Å². The van der Waals surface area contributed by atoms with E-state index in [1.807, 2.05) is 12.2 Å². The molecule has 0 amide bonds. The normalized spacial score (nSPS) is 34.2. The summed E-state index contributed by atoms with van der Waals surface area (Å²) in [6.45, 7) is 4.24. The molecule has 1 rings (SSSR count). The molecule has 0 aromatic heterocycles. The van der Waals surface area contributed by atoms with Crippen LogP contribution in [-0.2, 0) is 0 Å². The lowest BCUT2D eigenvalue weighted by atomic mass is 10.1. The van der Waals surface area contributed by atoms with Crippen LogP contribution in [0.2, 0.25) is 0 Å². The monoisotopic (exact) mass is 132 g/mol. The van der Waals surface area contributed by atoms with E-state index in [1.54, 1.807) is 0 Å². The first-order chi connectivity index (χ1) is 4.80. The Morgan fingerprint density at radius 2 is 1.10 bits per heavy atom. The zero-order valence-corrected chi connectivity index (χ0v) is 6.46. The van der Waals surface area contributed by atoms with E-state index in [0.717, 1.165) is 0 Å². The van der Waals surface area contributed by atoms with Crippen LogP contribution in [0.25, 0.3) is 0 Å². The fraction of sp³-hybridized carbons (Fsp3) is 0.200. The second-order valence-corrected chi connectivity index (χ2v) is 2.47. The van der Waals surface area contributed by atoms with Crippen LogP contribution in [0, 0.1) is 0 Å². The minimum Gasteiger partial charge on any atom is -0.0623 e. The third-order valence-corrected chi connectivity index (χ3v) is 1.65. The molecule has 0 aliphatic heterocycles. The highest BCUT2D eigenvalue weighted by Gasteiger charge is 1.87. The van der Waals surface area contributed by atoms with Crippen LogP contribution in [-0.4, -0.2) is 0 Å². The van der Waals surface area contributed by atoms with Gasteiger partial charge < -0.3 is 0 Å². The van der Waals surface area contributed by atoms with Crippen molar-refractivity contribution in [2.75, 3.05) is 0 Å². The lowest BCUT2D eigenvalue weighted by Gasteiger charge is -1.97. The standard InChI is InChI=1S/C10H12/c1-9-7-5-3-4-6-8-10(9)2/h3-8H,1-2H3/b4-3-,5-3?,6-4?,7-5-,8-6-,9-7?,10-8?,10-9-. The fourth-order valence-electron chi connectivity index (χ4n) is 0.791. The molecule has 0 heterocycles. The van der Waals surface area contributed by atoms with E-state index in [2.05, 4.69) is 38.2 Å². The van der Waals surface area contributed by atoms with Gasteiger partial charge in [0.2, 0.25) is 0 Å². The molecule has 0 aromatic rings. The van der Waals surface area contributed by atoms with Crippen LogP contribution in [0.4, 0.5) is 0 Å². The summed E-state index contributed by atoms with van der Waals surface area (Å²) in [5.41, 5.74) is 2.67. The molecule has 0 unspecified atom stereocenters. The summed E-state index contributed by atoms with van der Waals surface area (Å²) in [5, 5.41) is 0. The van der Waals surface area contributed by atoms with E-state index in [-0.39, 0.29) is 0 Å². The molecule has 1 aliphatic rings. The highest BCUT2D eigenvalue weighted by molar-refractivity contribution is 5.35. The molecule has 52 valence electrons. The first-order valence-corrected chi connectivity index (χ1v) is 3.49. The highest BCUT2D eigenvalue weighted by atomic mass is 13.9.